The lowest BCUT2D eigenvalue weighted by Crippen LogP contribution is -2.37. The van der Waals surface area contributed by atoms with E-state index in [4.69, 9.17) is 21.3 Å². The lowest BCUT2D eigenvalue weighted by atomic mass is 9.82. The standard InChI is InChI=1S/C29H34ClN3O3/c1-29(2,3)36-28(35)32-18-20-10-8-19(9-11-20)17-31-27(34)24-16-26(21-12-14-22(30)15-13-21)33-25-7-5-4-6-23(24)25/h4-7,12-16,19-20H,8-11,17-18H2,1-3H3,(H,31,34)(H,32,35). The summed E-state index contributed by atoms with van der Waals surface area (Å²) < 4.78 is 5.32. The van der Waals surface area contributed by atoms with Gasteiger partial charge in [-0.1, -0.05) is 41.9 Å². The Morgan fingerprint density at radius 3 is 2.19 bits per heavy atom. The molecule has 1 fully saturated rings. The second-order valence-electron chi connectivity index (χ2n) is 10.6. The summed E-state index contributed by atoms with van der Waals surface area (Å²) in [6.07, 6.45) is 3.73. The molecule has 4 rings (SSSR count). The van der Waals surface area contributed by atoms with Crippen LogP contribution in [0.2, 0.25) is 5.02 Å². The molecule has 1 aliphatic carbocycles. The van der Waals surface area contributed by atoms with E-state index in [1.807, 2.05) is 75.4 Å². The number of para-hydroxylation sites is 1. The van der Waals surface area contributed by atoms with Gasteiger partial charge in [0, 0.05) is 29.1 Å². The molecule has 2 amide bonds. The van der Waals surface area contributed by atoms with E-state index >= 15 is 0 Å². The minimum atomic E-state index is -0.490. The van der Waals surface area contributed by atoms with Crippen LogP contribution in [0.15, 0.2) is 54.6 Å². The van der Waals surface area contributed by atoms with Gasteiger partial charge in [-0.25, -0.2) is 9.78 Å². The number of rotatable bonds is 6. The van der Waals surface area contributed by atoms with Crippen LogP contribution in [0.4, 0.5) is 4.79 Å². The zero-order valence-electron chi connectivity index (χ0n) is 21.1. The van der Waals surface area contributed by atoms with Gasteiger partial charge in [-0.2, -0.15) is 0 Å². The average Bonchev–Trinajstić information content (AvgIpc) is 2.85. The fourth-order valence-electron chi connectivity index (χ4n) is 4.65. The molecule has 0 atom stereocenters. The van der Waals surface area contributed by atoms with Crippen molar-refractivity contribution in [1.82, 2.24) is 15.6 Å². The van der Waals surface area contributed by atoms with E-state index < -0.39 is 5.60 Å². The second kappa shape index (κ2) is 11.3. The van der Waals surface area contributed by atoms with E-state index in [9.17, 15) is 9.59 Å². The Kier molecular flexibility index (Phi) is 8.14. The number of hydrogen-bond acceptors (Lipinski definition) is 4. The molecule has 7 heteroatoms. The van der Waals surface area contributed by atoms with Crippen molar-refractivity contribution in [2.24, 2.45) is 11.8 Å². The Bertz CT molecular complexity index is 1210. The van der Waals surface area contributed by atoms with E-state index in [0.717, 1.165) is 47.8 Å². The zero-order chi connectivity index (χ0) is 25.7. The van der Waals surface area contributed by atoms with Crippen molar-refractivity contribution in [2.75, 3.05) is 13.1 Å². The summed E-state index contributed by atoms with van der Waals surface area (Å²) in [6.45, 7) is 6.85. The number of hydrogen-bond donors (Lipinski definition) is 2. The number of aromatic nitrogens is 1. The van der Waals surface area contributed by atoms with Gasteiger partial charge in [-0.05, 0) is 82.6 Å². The third-order valence-electron chi connectivity index (χ3n) is 6.55. The van der Waals surface area contributed by atoms with Gasteiger partial charge in [0.2, 0.25) is 0 Å². The Labute approximate surface area is 217 Å². The molecule has 6 nitrogen and oxygen atoms in total. The van der Waals surface area contributed by atoms with E-state index in [-0.39, 0.29) is 12.0 Å². The van der Waals surface area contributed by atoms with Crippen LogP contribution >= 0.6 is 11.6 Å². The Morgan fingerprint density at radius 2 is 1.56 bits per heavy atom. The maximum atomic E-state index is 13.3. The molecule has 1 saturated carbocycles. The highest BCUT2D eigenvalue weighted by Crippen LogP contribution is 2.29. The van der Waals surface area contributed by atoms with Gasteiger partial charge in [-0.15, -0.1) is 0 Å². The number of amides is 2. The maximum absolute atomic E-state index is 13.3. The summed E-state index contributed by atoms with van der Waals surface area (Å²) >= 11 is 6.05. The smallest absolute Gasteiger partial charge is 0.407 e. The molecule has 1 aliphatic rings. The lowest BCUT2D eigenvalue weighted by Gasteiger charge is -2.29. The van der Waals surface area contributed by atoms with Crippen LogP contribution in [-0.2, 0) is 4.74 Å². The van der Waals surface area contributed by atoms with Crippen molar-refractivity contribution in [3.8, 4) is 11.3 Å². The minimum Gasteiger partial charge on any atom is -0.444 e. The molecule has 36 heavy (non-hydrogen) atoms. The number of carbonyl (C=O) groups excluding carboxylic acids is 2. The Morgan fingerprint density at radius 1 is 0.944 bits per heavy atom. The van der Waals surface area contributed by atoms with Crippen molar-refractivity contribution in [3.05, 3.63) is 65.2 Å². The predicted molar refractivity (Wildman–Crippen MR) is 144 cm³/mol. The first kappa shape index (κ1) is 26.0. The summed E-state index contributed by atoms with van der Waals surface area (Å²) in [4.78, 5) is 29.9. The van der Waals surface area contributed by atoms with E-state index in [1.54, 1.807) is 0 Å². The lowest BCUT2D eigenvalue weighted by molar-refractivity contribution is 0.0512. The Hall–Kier alpha value is -3.12. The van der Waals surface area contributed by atoms with Gasteiger partial charge in [0.1, 0.15) is 5.60 Å². The molecule has 0 bridgehead atoms. The molecule has 190 valence electrons. The Balaban J connectivity index is 1.35. The number of fused-ring (bicyclic) bond motifs is 1. The molecule has 2 N–H and O–H groups in total. The van der Waals surface area contributed by atoms with Crippen LogP contribution in [0.25, 0.3) is 22.2 Å². The van der Waals surface area contributed by atoms with Crippen LogP contribution in [0.5, 0.6) is 0 Å². The van der Waals surface area contributed by atoms with Crippen molar-refractivity contribution in [3.63, 3.8) is 0 Å². The van der Waals surface area contributed by atoms with E-state index in [2.05, 4.69) is 10.6 Å². The summed E-state index contributed by atoms with van der Waals surface area (Å²) in [5, 5.41) is 7.55. The number of halogens is 1. The molecule has 0 aliphatic heterocycles. The number of nitrogens with one attached hydrogen (secondary N) is 2. The first-order valence-electron chi connectivity index (χ1n) is 12.6. The number of alkyl carbamates (subject to hydrolysis) is 1. The molecule has 1 heterocycles. The summed E-state index contributed by atoms with van der Waals surface area (Å²) in [5.41, 5.74) is 2.58. The number of benzene rings is 2. The maximum Gasteiger partial charge on any atom is 0.407 e. The van der Waals surface area contributed by atoms with Crippen LogP contribution in [0.1, 0.15) is 56.8 Å². The fraction of sp³-hybridized carbons (Fsp3) is 0.414. The number of ether oxygens (including phenoxy) is 1. The molecule has 3 aromatic rings. The highest BCUT2D eigenvalue weighted by molar-refractivity contribution is 6.30. The van der Waals surface area contributed by atoms with Crippen molar-refractivity contribution >= 4 is 34.5 Å². The third-order valence-corrected chi connectivity index (χ3v) is 6.80. The average molecular weight is 508 g/mol. The molecule has 0 unspecified atom stereocenters. The van der Waals surface area contributed by atoms with Gasteiger partial charge < -0.3 is 15.4 Å². The normalized spacial score (nSPS) is 18.0. The van der Waals surface area contributed by atoms with Crippen LogP contribution in [-0.4, -0.2) is 35.7 Å². The molecule has 0 radical (unpaired) electrons. The number of carbonyl (C=O) groups is 2. The van der Waals surface area contributed by atoms with Crippen LogP contribution < -0.4 is 10.6 Å². The molecular formula is C29H34ClN3O3. The minimum absolute atomic E-state index is 0.0856. The van der Waals surface area contributed by atoms with E-state index in [1.165, 1.54) is 0 Å². The molecule has 0 spiro atoms. The van der Waals surface area contributed by atoms with Gasteiger partial charge in [0.05, 0.1) is 16.8 Å². The number of nitrogens with zero attached hydrogens (tertiary/aromatic N) is 1. The zero-order valence-corrected chi connectivity index (χ0v) is 21.9. The summed E-state index contributed by atoms with van der Waals surface area (Å²) in [5.74, 6) is 0.781. The summed E-state index contributed by atoms with van der Waals surface area (Å²) in [6, 6.07) is 17.1. The highest BCUT2D eigenvalue weighted by Gasteiger charge is 2.24. The van der Waals surface area contributed by atoms with Crippen LogP contribution in [0.3, 0.4) is 0 Å². The second-order valence-corrected chi connectivity index (χ2v) is 11.0. The van der Waals surface area contributed by atoms with Gasteiger partial charge in [0.15, 0.2) is 0 Å². The highest BCUT2D eigenvalue weighted by atomic mass is 35.5. The summed E-state index contributed by atoms with van der Waals surface area (Å²) in [7, 11) is 0. The van der Waals surface area contributed by atoms with Gasteiger partial charge >= 0.3 is 6.09 Å². The van der Waals surface area contributed by atoms with Gasteiger partial charge in [-0.3, -0.25) is 4.79 Å². The van der Waals surface area contributed by atoms with Crippen molar-refractivity contribution in [2.45, 2.75) is 52.1 Å². The number of pyridine rings is 1. The van der Waals surface area contributed by atoms with Crippen molar-refractivity contribution in [1.29, 1.82) is 0 Å². The molecular weight excluding hydrogens is 474 g/mol. The quantitative estimate of drug-likeness (QED) is 0.393. The first-order chi connectivity index (χ1) is 17.2. The monoisotopic (exact) mass is 507 g/mol. The van der Waals surface area contributed by atoms with E-state index in [0.29, 0.717) is 35.5 Å². The van der Waals surface area contributed by atoms with Crippen LogP contribution in [0, 0.1) is 11.8 Å². The topological polar surface area (TPSA) is 80.3 Å². The third kappa shape index (κ3) is 6.97. The van der Waals surface area contributed by atoms with Crippen molar-refractivity contribution < 1.29 is 14.3 Å². The predicted octanol–water partition coefficient (Wildman–Crippen LogP) is 6.62. The fourth-order valence-corrected chi connectivity index (χ4v) is 4.77. The largest absolute Gasteiger partial charge is 0.444 e. The molecule has 2 aromatic carbocycles. The molecule has 0 saturated heterocycles. The first-order valence-corrected chi connectivity index (χ1v) is 13.0. The molecule has 1 aromatic heterocycles. The SMILES string of the molecule is CC(C)(C)OC(=O)NCC1CCC(CNC(=O)c2cc(-c3ccc(Cl)cc3)nc3ccccc23)CC1. The van der Waals surface area contributed by atoms with Gasteiger partial charge in [0.25, 0.3) is 5.91 Å².